The number of aromatic nitrogens is 2. The van der Waals surface area contributed by atoms with Crippen LogP contribution < -0.4 is 5.32 Å². The van der Waals surface area contributed by atoms with Crippen molar-refractivity contribution in [2.75, 3.05) is 6.54 Å². The van der Waals surface area contributed by atoms with Crippen molar-refractivity contribution in [1.29, 1.82) is 0 Å². The van der Waals surface area contributed by atoms with Crippen molar-refractivity contribution in [2.24, 2.45) is 0 Å². The normalized spacial score (nSPS) is 24.1. The topological polar surface area (TPSA) is 51.0 Å². The summed E-state index contributed by atoms with van der Waals surface area (Å²) in [4.78, 5) is 4.61. The van der Waals surface area contributed by atoms with Crippen LogP contribution in [0.2, 0.25) is 0 Å². The summed E-state index contributed by atoms with van der Waals surface area (Å²) < 4.78 is 5.49. The van der Waals surface area contributed by atoms with Gasteiger partial charge in [0.05, 0.1) is 5.75 Å². The van der Waals surface area contributed by atoms with Crippen LogP contribution in [0.3, 0.4) is 0 Å². The molecular weight excluding hydrogens is 282 g/mol. The molecule has 1 N–H and O–H groups in total. The zero-order valence-electron chi connectivity index (χ0n) is 13.6. The summed E-state index contributed by atoms with van der Waals surface area (Å²) in [6, 6.07) is 0.685. The Kier molecular flexibility index (Phi) is 7.04. The van der Waals surface area contributed by atoms with E-state index in [1.54, 1.807) is 0 Å². The van der Waals surface area contributed by atoms with Crippen LogP contribution in [0.4, 0.5) is 0 Å². The van der Waals surface area contributed by atoms with Gasteiger partial charge in [-0.3, -0.25) is 0 Å². The van der Waals surface area contributed by atoms with Crippen LogP contribution in [0.25, 0.3) is 0 Å². The monoisotopic (exact) mass is 311 g/mol. The second kappa shape index (κ2) is 8.79. The largest absolute Gasteiger partial charge is 0.339 e. The highest BCUT2D eigenvalue weighted by molar-refractivity contribution is 7.99. The minimum absolute atomic E-state index is 0.472. The minimum atomic E-state index is 0.472. The van der Waals surface area contributed by atoms with E-state index in [9.17, 15) is 0 Å². The Morgan fingerprint density at radius 1 is 1.29 bits per heavy atom. The molecule has 1 saturated carbocycles. The molecule has 4 nitrogen and oxygen atoms in total. The standard InChI is InChI=1S/C16H29N3OS/c1-4-10-17-14-8-6-13(7-9-14)16-18-15(19-20-16)11-21-12(3)5-2/h12-14,17H,4-11H2,1-3H3. The summed E-state index contributed by atoms with van der Waals surface area (Å²) in [5.74, 6) is 3.07. The van der Waals surface area contributed by atoms with Gasteiger partial charge in [-0.05, 0) is 45.1 Å². The molecular formula is C16H29N3OS. The van der Waals surface area contributed by atoms with E-state index in [-0.39, 0.29) is 0 Å². The third-order valence-electron chi connectivity index (χ3n) is 4.32. The van der Waals surface area contributed by atoms with Gasteiger partial charge in [0, 0.05) is 17.2 Å². The molecule has 120 valence electrons. The van der Waals surface area contributed by atoms with Crippen LogP contribution in [0, 0.1) is 0 Å². The van der Waals surface area contributed by atoms with Crippen molar-refractivity contribution >= 4 is 11.8 Å². The lowest BCUT2D eigenvalue weighted by atomic mass is 9.86. The van der Waals surface area contributed by atoms with E-state index in [0.717, 1.165) is 24.0 Å². The smallest absolute Gasteiger partial charge is 0.229 e. The van der Waals surface area contributed by atoms with Crippen molar-refractivity contribution in [1.82, 2.24) is 15.5 Å². The van der Waals surface area contributed by atoms with E-state index < -0.39 is 0 Å². The van der Waals surface area contributed by atoms with E-state index in [4.69, 9.17) is 4.52 Å². The number of hydrogen-bond donors (Lipinski definition) is 1. The Morgan fingerprint density at radius 3 is 2.71 bits per heavy atom. The SMILES string of the molecule is CCCNC1CCC(c2nc(CSC(C)CC)no2)CC1. The third kappa shape index (κ3) is 5.29. The average Bonchev–Trinajstić information content (AvgIpc) is 3.00. The maximum Gasteiger partial charge on any atom is 0.229 e. The summed E-state index contributed by atoms with van der Waals surface area (Å²) in [5.41, 5.74) is 0. The van der Waals surface area contributed by atoms with Crippen molar-refractivity contribution in [2.45, 2.75) is 82.3 Å². The first-order chi connectivity index (χ1) is 10.2. The molecule has 0 aromatic carbocycles. The molecule has 21 heavy (non-hydrogen) atoms. The lowest BCUT2D eigenvalue weighted by Crippen LogP contribution is -2.33. The van der Waals surface area contributed by atoms with E-state index in [1.807, 2.05) is 11.8 Å². The first-order valence-electron chi connectivity index (χ1n) is 8.40. The molecule has 1 aliphatic carbocycles. The fourth-order valence-electron chi connectivity index (χ4n) is 2.72. The molecule has 0 bridgehead atoms. The van der Waals surface area contributed by atoms with Crippen LogP contribution in [-0.2, 0) is 5.75 Å². The van der Waals surface area contributed by atoms with Crippen molar-refractivity contribution < 1.29 is 4.52 Å². The zero-order valence-corrected chi connectivity index (χ0v) is 14.4. The Balaban J connectivity index is 1.77. The average molecular weight is 311 g/mol. The van der Waals surface area contributed by atoms with Gasteiger partial charge in [0.25, 0.3) is 0 Å². The van der Waals surface area contributed by atoms with E-state index >= 15 is 0 Å². The molecule has 5 heteroatoms. The summed E-state index contributed by atoms with van der Waals surface area (Å²) in [7, 11) is 0. The number of rotatable bonds is 8. The van der Waals surface area contributed by atoms with Crippen LogP contribution in [0.5, 0.6) is 0 Å². The van der Waals surface area contributed by atoms with Crippen LogP contribution in [0.1, 0.15) is 76.9 Å². The third-order valence-corrected chi connectivity index (χ3v) is 5.64. The molecule has 0 saturated heterocycles. The Hall–Kier alpha value is -0.550. The molecule has 0 radical (unpaired) electrons. The van der Waals surface area contributed by atoms with E-state index in [1.165, 1.54) is 38.5 Å². The van der Waals surface area contributed by atoms with Gasteiger partial charge in [0.2, 0.25) is 5.89 Å². The predicted molar refractivity (Wildman–Crippen MR) is 88.6 cm³/mol. The van der Waals surface area contributed by atoms with Gasteiger partial charge in [0.15, 0.2) is 5.82 Å². The number of thioether (sulfide) groups is 1. The zero-order chi connectivity index (χ0) is 15.1. The second-order valence-electron chi connectivity index (χ2n) is 6.08. The molecule has 1 aliphatic rings. The second-order valence-corrected chi connectivity index (χ2v) is 7.51. The molecule has 2 rings (SSSR count). The quantitative estimate of drug-likeness (QED) is 0.782. The van der Waals surface area contributed by atoms with E-state index in [2.05, 4.69) is 36.2 Å². The molecule has 0 aliphatic heterocycles. The molecule has 0 spiro atoms. The first kappa shape index (κ1) is 16.8. The van der Waals surface area contributed by atoms with Crippen molar-refractivity contribution in [3.63, 3.8) is 0 Å². The molecule has 1 heterocycles. The molecule has 1 atom stereocenters. The highest BCUT2D eigenvalue weighted by atomic mass is 32.2. The lowest BCUT2D eigenvalue weighted by molar-refractivity contribution is 0.282. The first-order valence-corrected chi connectivity index (χ1v) is 9.45. The maximum atomic E-state index is 5.49. The van der Waals surface area contributed by atoms with Gasteiger partial charge in [-0.1, -0.05) is 25.9 Å². The summed E-state index contributed by atoms with van der Waals surface area (Å²) in [5, 5.41) is 8.42. The predicted octanol–water partition coefficient (Wildman–Crippen LogP) is 4.13. The molecule has 1 aromatic rings. The van der Waals surface area contributed by atoms with Crippen molar-refractivity contribution in [3.05, 3.63) is 11.7 Å². The minimum Gasteiger partial charge on any atom is -0.339 e. The van der Waals surface area contributed by atoms with Crippen LogP contribution >= 0.6 is 11.8 Å². The molecule has 1 aromatic heterocycles. The Labute approximate surface area is 132 Å². The van der Waals surface area contributed by atoms with Crippen LogP contribution in [0.15, 0.2) is 4.52 Å². The van der Waals surface area contributed by atoms with Crippen LogP contribution in [-0.4, -0.2) is 28.0 Å². The fourth-order valence-corrected chi connectivity index (χ4v) is 3.51. The van der Waals surface area contributed by atoms with Gasteiger partial charge in [-0.2, -0.15) is 16.7 Å². The Bertz CT molecular complexity index is 402. The Morgan fingerprint density at radius 2 is 2.05 bits per heavy atom. The highest BCUT2D eigenvalue weighted by Gasteiger charge is 2.26. The summed E-state index contributed by atoms with van der Waals surface area (Å²) in [6.45, 7) is 7.81. The van der Waals surface area contributed by atoms with Gasteiger partial charge >= 0.3 is 0 Å². The van der Waals surface area contributed by atoms with Gasteiger partial charge in [0.1, 0.15) is 0 Å². The highest BCUT2D eigenvalue weighted by Crippen LogP contribution is 2.32. The fraction of sp³-hybridized carbons (Fsp3) is 0.875. The molecule has 1 unspecified atom stereocenters. The molecule has 1 fully saturated rings. The number of nitrogens with one attached hydrogen (secondary N) is 1. The van der Waals surface area contributed by atoms with Gasteiger partial charge < -0.3 is 9.84 Å². The molecule has 0 amide bonds. The van der Waals surface area contributed by atoms with Gasteiger partial charge in [-0.25, -0.2) is 0 Å². The van der Waals surface area contributed by atoms with Gasteiger partial charge in [-0.15, -0.1) is 0 Å². The number of hydrogen-bond acceptors (Lipinski definition) is 5. The maximum absolute atomic E-state index is 5.49. The number of nitrogens with zero attached hydrogens (tertiary/aromatic N) is 2. The lowest BCUT2D eigenvalue weighted by Gasteiger charge is -2.27. The summed E-state index contributed by atoms with van der Waals surface area (Å²) in [6.07, 6.45) is 7.18. The van der Waals surface area contributed by atoms with Crippen molar-refractivity contribution in [3.8, 4) is 0 Å². The van der Waals surface area contributed by atoms with E-state index in [0.29, 0.717) is 17.2 Å². The summed E-state index contributed by atoms with van der Waals surface area (Å²) >= 11 is 1.90.